The SMILES string of the molecule is COC(=O)CNC(=O)CNC(=O)CNc1cc([Si](F)(C(C)(C)C)C(C)(C)C)n(C)n1. The van der Waals surface area contributed by atoms with Crippen LogP contribution in [-0.4, -0.2) is 62.7 Å². The maximum Gasteiger partial charge on any atom is 0.325 e. The van der Waals surface area contributed by atoms with Gasteiger partial charge in [0.25, 0.3) is 0 Å². The van der Waals surface area contributed by atoms with Crippen molar-refractivity contribution in [2.45, 2.75) is 51.6 Å². The summed E-state index contributed by atoms with van der Waals surface area (Å²) in [5.74, 6) is -1.15. The fourth-order valence-corrected chi connectivity index (χ4v) is 8.11. The average Bonchev–Trinajstić information content (AvgIpc) is 3.00. The third-order valence-corrected chi connectivity index (χ3v) is 10.1. The predicted molar refractivity (Wildman–Crippen MR) is 116 cm³/mol. The standard InChI is InChI=1S/C19H34FN5O4Si/c1-18(2,3)30(20,19(4,5)6)16-9-13(24-25(16)7)21-10-14(26)22-11-15(27)23-12-17(28)29-8/h9H,10-12H2,1-8H3,(H,21,24)(H,22,26)(H,23,27). The average molecular weight is 444 g/mol. The monoisotopic (exact) mass is 443 g/mol. The molecule has 0 bridgehead atoms. The van der Waals surface area contributed by atoms with E-state index in [1.54, 1.807) is 17.8 Å². The normalized spacial score (nSPS) is 12.3. The van der Waals surface area contributed by atoms with E-state index in [1.165, 1.54) is 7.11 Å². The van der Waals surface area contributed by atoms with Crippen LogP contribution >= 0.6 is 0 Å². The molecule has 0 atom stereocenters. The van der Waals surface area contributed by atoms with Crippen molar-refractivity contribution >= 4 is 37.3 Å². The van der Waals surface area contributed by atoms with Crippen molar-refractivity contribution in [3.05, 3.63) is 6.07 Å². The number of esters is 1. The van der Waals surface area contributed by atoms with Crippen LogP contribution in [0.2, 0.25) is 10.1 Å². The lowest BCUT2D eigenvalue weighted by Gasteiger charge is -2.44. The van der Waals surface area contributed by atoms with Crippen LogP contribution in [0.15, 0.2) is 6.07 Å². The molecule has 0 aliphatic rings. The first-order valence-corrected chi connectivity index (χ1v) is 11.6. The number of amides is 2. The van der Waals surface area contributed by atoms with Gasteiger partial charge in [-0.25, -0.2) is 0 Å². The van der Waals surface area contributed by atoms with Crippen LogP contribution in [0.1, 0.15) is 41.5 Å². The highest BCUT2D eigenvalue weighted by atomic mass is 28.4. The number of carbonyl (C=O) groups is 3. The molecule has 1 aromatic rings. The smallest absolute Gasteiger partial charge is 0.325 e. The number of rotatable bonds is 8. The quantitative estimate of drug-likeness (QED) is 0.313. The van der Waals surface area contributed by atoms with E-state index >= 15 is 4.11 Å². The number of aryl methyl sites for hydroxylation is 1. The Morgan fingerprint density at radius 2 is 1.53 bits per heavy atom. The Labute approximate surface area is 178 Å². The summed E-state index contributed by atoms with van der Waals surface area (Å²) in [6.45, 7) is 10.8. The van der Waals surface area contributed by atoms with Crippen molar-refractivity contribution in [2.24, 2.45) is 7.05 Å². The van der Waals surface area contributed by atoms with Crippen molar-refractivity contribution in [1.29, 1.82) is 0 Å². The molecule has 0 spiro atoms. The number of hydrogen-bond donors (Lipinski definition) is 3. The lowest BCUT2D eigenvalue weighted by molar-refractivity contribution is -0.141. The summed E-state index contributed by atoms with van der Waals surface area (Å²) in [6.07, 6.45) is 0. The number of hydrogen-bond acceptors (Lipinski definition) is 6. The molecule has 3 N–H and O–H groups in total. The minimum atomic E-state index is -3.49. The molecule has 11 heteroatoms. The summed E-state index contributed by atoms with van der Waals surface area (Å²) in [7, 11) is -0.580. The van der Waals surface area contributed by atoms with Crippen LogP contribution < -0.4 is 21.3 Å². The lowest BCUT2D eigenvalue weighted by atomic mass is 10.2. The van der Waals surface area contributed by atoms with Gasteiger partial charge in [-0.2, -0.15) is 5.10 Å². The van der Waals surface area contributed by atoms with Gasteiger partial charge in [0.2, 0.25) is 11.8 Å². The molecule has 9 nitrogen and oxygen atoms in total. The lowest BCUT2D eigenvalue weighted by Crippen LogP contribution is -2.60. The maximum atomic E-state index is 16.5. The van der Waals surface area contributed by atoms with E-state index in [-0.39, 0.29) is 19.6 Å². The molecule has 1 rings (SSSR count). The number of halogens is 1. The number of nitrogens with zero attached hydrogens (tertiary/aromatic N) is 2. The molecular weight excluding hydrogens is 409 g/mol. The van der Waals surface area contributed by atoms with E-state index in [0.29, 0.717) is 11.1 Å². The van der Waals surface area contributed by atoms with Gasteiger partial charge < -0.3 is 24.8 Å². The van der Waals surface area contributed by atoms with Gasteiger partial charge in [0, 0.05) is 13.1 Å². The third kappa shape index (κ3) is 6.03. The molecule has 0 aromatic carbocycles. The Hall–Kier alpha value is -2.43. The van der Waals surface area contributed by atoms with E-state index in [9.17, 15) is 14.4 Å². The molecule has 0 aliphatic heterocycles. The van der Waals surface area contributed by atoms with Crippen molar-refractivity contribution in [1.82, 2.24) is 20.4 Å². The number of ether oxygens (including phenoxy) is 1. The largest absolute Gasteiger partial charge is 0.468 e. The van der Waals surface area contributed by atoms with E-state index < -0.39 is 36.3 Å². The fourth-order valence-electron chi connectivity index (χ4n) is 3.49. The molecule has 2 amide bonds. The minimum absolute atomic E-state index is 0.132. The van der Waals surface area contributed by atoms with E-state index in [1.807, 2.05) is 41.5 Å². The highest BCUT2D eigenvalue weighted by Crippen LogP contribution is 2.51. The first-order chi connectivity index (χ1) is 13.6. The Bertz CT molecular complexity index is 769. The zero-order valence-corrected chi connectivity index (χ0v) is 20.1. The van der Waals surface area contributed by atoms with Crippen molar-refractivity contribution in [3.63, 3.8) is 0 Å². The first kappa shape index (κ1) is 25.6. The minimum Gasteiger partial charge on any atom is -0.468 e. The summed E-state index contributed by atoms with van der Waals surface area (Å²) in [4.78, 5) is 34.5. The van der Waals surface area contributed by atoms with E-state index in [0.717, 1.165) is 0 Å². The Balaban J connectivity index is 2.74. The van der Waals surface area contributed by atoms with E-state index in [2.05, 4.69) is 25.8 Å². The number of anilines is 1. The van der Waals surface area contributed by atoms with Gasteiger partial charge in [-0.15, -0.1) is 0 Å². The fraction of sp³-hybridized carbons (Fsp3) is 0.684. The van der Waals surface area contributed by atoms with Gasteiger partial charge in [0.05, 0.1) is 25.5 Å². The third-order valence-electron chi connectivity index (χ3n) is 4.83. The van der Waals surface area contributed by atoms with Gasteiger partial charge in [-0.05, 0) is 10.1 Å². The molecular formula is C19H34FN5O4Si. The van der Waals surface area contributed by atoms with Crippen LogP contribution in [0.4, 0.5) is 9.93 Å². The van der Waals surface area contributed by atoms with Crippen molar-refractivity contribution in [3.8, 4) is 0 Å². The van der Waals surface area contributed by atoms with Gasteiger partial charge in [-0.1, -0.05) is 41.5 Å². The van der Waals surface area contributed by atoms with Crippen LogP contribution in [0.25, 0.3) is 0 Å². The number of methoxy groups -OCH3 is 1. The van der Waals surface area contributed by atoms with Crippen LogP contribution in [0.3, 0.4) is 0 Å². The second-order valence-electron chi connectivity index (χ2n) is 9.18. The second-order valence-corrected chi connectivity index (χ2v) is 14.0. The van der Waals surface area contributed by atoms with E-state index in [4.69, 9.17) is 0 Å². The Morgan fingerprint density at radius 3 is 2.03 bits per heavy atom. The van der Waals surface area contributed by atoms with Crippen LogP contribution in [0.5, 0.6) is 0 Å². The highest BCUT2D eigenvalue weighted by Gasteiger charge is 2.58. The Kier molecular flexibility index (Phi) is 8.18. The highest BCUT2D eigenvalue weighted by molar-refractivity contribution is 6.90. The molecule has 1 aromatic heterocycles. The molecule has 0 aliphatic carbocycles. The zero-order valence-electron chi connectivity index (χ0n) is 19.1. The molecule has 170 valence electrons. The van der Waals surface area contributed by atoms with Gasteiger partial charge in [0.1, 0.15) is 12.4 Å². The molecule has 0 radical (unpaired) electrons. The van der Waals surface area contributed by atoms with Crippen molar-refractivity contribution in [2.75, 3.05) is 32.1 Å². The van der Waals surface area contributed by atoms with Crippen molar-refractivity contribution < 1.29 is 23.2 Å². The first-order valence-electron chi connectivity index (χ1n) is 9.71. The van der Waals surface area contributed by atoms with Crippen LogP contribution in [-0.2, 0) is 26.2 Å². The topological polar surface area (TPSA) is 114 Å². The Morgan fingerprint density at radius 1 is 1.03 bits per heavy atom. The number of nitrogens with one attached hydrogen (secondary N) is 3. The molecule has 30 heavy (non-hydrogen) atoms. The predicted octanol–water partition coefficient (Wildman–Crippen LogP) is 0.960. The summed E-state index contributed by atoms with van der Waals surface area (Å²) < 4.78 is 22.4. The molecule has 0 fully saturated rings. The number of aromatic nitrogens is 2. The summed E-state index contributed by atoms with van der Waals surface area (Å²) >= 11 is 0. The number of carbonyl (C=O) groups excluding carboxylic acids is 3. The zero-order chi connectivity index (χ0) is 23.3. The molecule has 0 saturated heterocycles. The van der Waals surface area contributed by atoms with Gasteiger partial charge in [0.15, 0.2) is 0 Å². The summed E-state index contributed by atoms with van der Waals surface area (Å²) in [6, 6.07) is 1.67. The second kappa shape index (κ2) is 9.58. The summed E-state index contributed by atoms with van der Waals surface area (Å²) in [5.41, 5.74) is 0. The van der Waals surface area contributed by atoms with Crippen LogP contribution in [0, 0.1) is 0 Å². The maximum absolute atomic E-state index is 16.5. The molecule has 0 unspecified atom stereocenters. The van der Waals surface area contributed by atoms with Gasteiger partial charge >= 0.3 is 14.4 Å². The van der Waals surface area contributed by atoms with Gasteiger partial charge in [-0.3, -0.25) is 19.1 Å². The molecule has 1 heterocycles. The summed E-state index contributed by atoms with van der Waals surface area (Å²) in [5, 5.41) is 11.4. The molecule has 0 saturated carbocycles.